The zero-order valence-corrected chi connectivity index (χ0v) is 17.9. The molecule has 3 rings (SSSR count). The first kappa shape index (κ1) is 21.4. The minimum Gasteiger partial charge on any atom is -0.497 e. The molecule has 0 bridgehead atoms. The molecule has 7 nitrogen and oxygen atoms in total. The lowest BCUT2D eigenvalue weighted by atomic mass is 10.0. The van der Waals surface area contributed by atoms with Gasteiger partial charge >= 0.3 is 0 Å². The van der Waals surface area contributed by atoms with Gasteiger partial charge in [0.05, 0.1) is 19.6 Å². The lowest BCUT2D eigenvalue weighted by Crippen LogP contribution is -2.31. The maximum atomic E-state index is 12.7. The van der Waals surface area contributed by atoms with Gasteiger partial charge in [-0.05, 0) is 29.8 Å². The first-order valence-electron chi connectivity index (χ1n) is 9.59. The summed E-state index contributed by atoms with van der Waals surface area (Å²) in [4.78, 5) is 25.4. The quantitative estimate of drug-likeness (QED) is 0.566. The second-order valence-corrected chi connectivity index (χ2v) is 8.03. The molecule has 0 spiro atoms. The zero-order valence-electron chi connectivity index (χ0n) is 17.1. The summed E-state index contributed by atoms with van der Waals surface area (Å²) >= 11 is 1.35. The molecule has 156 valence electrons. The molecular weight excluding hydrogens is 400 g/mol. The monoisotopic (exact) mass is 424 g/mol. The van der Waals surface area contributed by atoms with Crippen LogP contribution in [0.5, 0.6) is 5.75 Å². The number of ether oxygens (including phenoxy) is 1. The highest BCUT2D eigenvalue weighted by Gasteiger charge is 2.21. The fourth-order valence-electron chi connectivity index (χ4n) is 2.82. The van der Waals surface area contributed by atoms with E-state index in [0.717, 1.165) is 10.6 Å². The molecule has 0 aliphatic rings. The van der Waals surface area contributed by atoms with Gasteiger partial charge in [0, 0.05) is 11.5 Å². The molecule has 0 radical (unpaired) electrons. The number of nitrogens with one attached hydrogen (secondary N) is 2. The first-order chi connectivity index (χ1) is 14.5. The van der Waals surface area contributed by atoms with Crippen molar-refractivity contribution in [3.05, 3.63) is 70.7 Å². The van der Waals surface area contributed by atoms with Crippen molar-refractivity contribution in [2.45, 2.75) is 32.2 Å². The molecule has 0 fully saturated rings. The van der Waals surface area contributed by atoms with Crippen LogP contribution >= 0.6 is 11.3 Å². The molecule has 0 unspecified atom stereocenters. The van der Waals surface area contributed by atoms with Gasteiger partial charge in [0.1, 0.15) is 10.8 Å². The van der Waals surface area contributed by atoms with Gasteiger partial charge in [0.15, 0.2) is 0 Å². The molecule has 0 saturated carbocycles. The molecule has 2 aromatic carbocycles. The normalized spacial score (nSPS) is 11.7. The van der Waals surface area contributed by atoms with E-state index in [9.17, 15) is 9.59 Å². The van der Waals surface area contributed by atoms with Crippen molar-refractivity contribution in [3.8, 4) is 5.75 Å². The third-order valence-electron chi connectivity index (χ3n) is 4.41. The Labute approximate surface area is 179 Å². The summed E-state index contributed by atoms with van der Waals surface area (Å²) in [5.74, 6) is 0.372. The number of nitrogens with zero attached hydrogens (tertiary/aromatic N) is 2. The highest BCUT2D eigenvalue weighted by molar-refractivity contribution is 7.15. The molecule has 1 atom stereocenters. The fourth-order valence-corrected chi connectivity index (χ4v) is 3.58. The molecule has 2 N–H and O–H groups in total. The van der Waals surface area contributed by atoms with E-state index >= 15 is 0 Å². The van der Waals surface area contributed by atoms with Gasteiger partial charge < -0.3 is 15.4 Å². The SMILES string of the molecule is COc1cccc([C@@H](CC(=O)Nc2nnc(C(C)C)s2)NC(=O)c2ccccc2)c1. The van der Waals surface area contributed by atoms with Crippen LogP contribution in [0.15, 0.2) is 54.6 Å². The first-order valence-corrected chi connectivity index (χ1v) is 10.4. The Kier molecular flexibility index (Phi) is 7.13. The summed E-state index contributed by atoms with van der Waals surface area (Å²) in [7, 11) is 1.57. The average molecular weight is 425 g/mol. The summed E-state index contributed by atoms with van der Waals surface area (Å²) in [5, 5.41) is 15.1. The Morgan fingerprint density at radius 2 is 1.83 bits per heavy atom. The van der Waals surface area contributed by atoms with Crippen molar-refractivity contribution < 1.29 is 14.3 Å². The molecule has 1 aromatic heterocycles. The Morgan fingerprint density at radius 3 is 2.50 bits per heavy atom. The summed E-state index contributed by atoms with van der Waals surface area (Å²) in [6.07, 6.45) is 0.0440. The second kappa shape index (κ2) is 9.98. The molecule has 3 aromatic rings. The van der Waals surface area contributed by atoms with Crippen molar-refractivity contribution >= 4 is 28.3 Å². The molecule has 8 heteroatoms. The van der Waals surface area contributed by atoms with E-state index < -0.39 is 6.04 Å². The van der Waals surface area contributed by atoms with E-state index in [4.69, 9.17) is 4.74 Å². The largest absolute Gasteiger partial charge is 0.497 e. The van der Waals surface area contributed by atoms with E-state index in [1.165, 1.54) is 11.3 Å². The van der Waals surface area contributed by atoms with Gasteiger partial charge in [-0.2, -0.15) is 0 Å². The average Bonchev–Trinajstić information content (AvgIpc) is 3.22. The highest BCUT2D eigenvalue weighted by Crippen LogP contribution is 2.25. The van der Waals surface area contributed by atoms with Crippen LogP contribution in [0.1, 0.15) is 53.2 Å². The van der Waals surface area contributed by atoms with Crippen LogP contribution in [-0.4, -0.2) is 29.1 Å². The molecule has 0 aliphatic carbocycles. The van der Waals surface area contributed by atoms with Gasteiger partial charge in [0.25, 0.3) is 5.91 Å². The van der Waals surface area contributed by atoms with Crippen LogP contribution in [-0.2, 0) is 4.79 Å². The van der Waals surface area contributed by atoms with Crippen molar-refractivity contribution in [2.75, 3.05) is 12.4 Å². The number of hydrogen-bond acceptors (Lipinski definition) is 6. The fraction of sp³-hybridized carbons (Fsp3) is 0.273. The van der Waals surface area contributed by atoms with Crippen LogP contribution in [0.4, 0.5) is 5.13 Å². The number of hydrogen-bond donors (Lipinski definition) is 2. The minimum atomic E-state index is -0.537. The summed E-state index contributed by atoms with van der Waals surface area (Å²) in [6.45, 7) is 4.04. The maximum absolute atomic E-state index is 12.7. The van der Waals surface area contributed by atoms with Gasteiger partial charge in [-0.3, -0.25) is 9.59 Å². The van der Waals surface area contributed by atoms with Gasteiger partial charge in [-0.15, -0.1) is 10.2 Å². The number of benzene rings is 2. The maximum Gasteiger partial charge on any atom is 0.251 e. The van der Waals surface area contributed by atoms with Gasteiger partial charge in [-0.1, -0.05) is 55.5 Å². The number of methoxy groups -OCH3 is 1. The number of carbonyl (C=O) groups excluding carboxylic acids is 2. The van der Waals surface area contributed by atoms with Crippen LogP contribution in [0.3, 0.4) is 0 Å². The third-order valence-corrected chi connectivity index (χ3v) is 5.55. The Morgan fingerprint density at radius 1 is 1.07 bits per heavy atom. The number of amides is 2. The molecule has 2 amide bonds. The van der Waals surface area contributed by atoms with E-state index in [-0.39, 0.29) is 24.2 Å². The van der Waals surface area contributed by atoms with Gasteiger partial charge in [-0.25, -0.2) is 0 Å². The van der Waals surface area contributed by atoms with E-state index in [2.05, 4.69) is 20.8 Å². The summed E-state index contributed by atoms with van der Waals surface area (Å²) in [5.41, 5.74) is 1.30. The highest BCUT2D eigenvalue weighted by atomic mass is 32.1. The number of aromatic nitrogens is 2. The summed E-state index contributed by atoms with van der Waals surface area (Å²) < 4.78 is 5.29. The van der Waals surface area contributed by atoms with E-state index in [1.54, 1.807) is 31.4 Å². The summed E-state index contributed by atoms with van der Waals surface area (Å²) in [6, 6.07) is 15.7. The lowest BCUT2D eigenvalue weighted by molar-refractivity contribution is -0.116. The Bertz CT molecular complexity index is 1000. The predicted molar refractivity (Wildman–Crippen MR) is 117 cm³/mol. The standard InChI is InChI=1S/C22H24N4O3S/c1-14(2)21-25-26-22(30-21)24-19(27)13-18(16-10-7-11-17(12-16)29-3)23-20(28)15-8-5-4-6-9-15/h4-12,14,18H,13H2,1-3H3,(H,23,28)(H,24,26,27)/t18-/m1/s1. The molecular formula is C22H24N4O3S. The number of rotatable bonds is 8. The number of anilines is 1. The van der Waals surface area contributed by atoms with Crippen LogP contribution in [0, 0.1) is 0 Å². The molecule has 0 aliphatic heterocycles. The van der Waals surface area contributed by atoms with Crippen molar-refractivity contribution in [2.24, 2.45) is 0 Å². The Hall–Kier alpha value is -3.26. The molecule has 1 heterocycles. The van der Waals surface area contributed by atoms with Gasteiger partial charge in [0.2, 0.25) is 11.0 Å². The second-order valence-electron chi connectivity index (χ2n) is 7.02. The van der Waals surface area contributed by atoms with E-state index in [1.807, 2.05) is 44.2 Å². The number of carbonyl (C=O) groups is 2. The predicted octanol–water partition coefficient (Wildman–Crippen LogP) is 4.17. The van der Waals surface area contributed by atoms with Crippen LogP contribution in [0.25, 0.3) is 0 Å². The zero-order chi connectivity index (χ0) is 21.5. The van der Waals surface area contributed by atoms with E-state index in [0.29, 0.717) is 16.4 Å². The van der Waals surface area contributed by atoms with Crippen LogP contribution < -0.4 is 15.4 Å². The Balaban J connectivity index is 1.77. The molecule has 0 saturated heterocycles. The van der Waals surface area contributed by atoms with Crippen molar-refractivity contribution in [1.82, 2.24) is 15.5 Å². The molecule has 30 heavy (non-hydrogen) atoms. The lowest BCUT2D eigenvalue weighted by Gasteiger charge is -2.19. The van der Waals surface area contributed by atoms with Crippen molar-refractivity contribution in [3.63, 3.8) is 0 Å². The smallest absolute Gasteiger partial charge is 0.251 e. The minimum absolute atomic E-state index is 0.0440. The van der Waals surface area contributed by atoms with Crippen LogP contribution in [0.2, 0.25) is 0 Å². The topological polar surface area (TPSA) is 93.2 Å². The third kappa shape index (κ3) is 5.64. The van der Waals surface area contributed by atoms with Crippen molar-refractivity contribution in [1.29, 1.82) is 0 Å².